The van der Waals surface area contributed by atoms with Crippen LogP contribution in [-0.4, -0.2) is 19.3 Å². The molecular weight excluding hydrogens is 276 g/mol. The molecule has 0 radical (unpaired) electrons. The van der Waals surface area contributed by atoms with E-state index in [0.717, 1.165) is 16.7 Å². The summed E-state index contributed by atoms with van der Waals surface area (Å²) in [6, 6.07) is 10.9. The number of hydrogen-bond donors (Lipinski definition) is 1. The van der Waals surface area contributed by atoms with E-state index in [4.69, 9.17) is 21.1 Å². The maximum atomic E-state index is 10.5. The maximum absolute atomic E-state index is 10.5. The van der Waals surface area contributed by atoms with Crippen molar-refractivity contribution in [2.45, 2.75) is 13.0 Å². The van der Waals surface area contributed by atoms with E-state index < -0.39 is 6.10 Å². The molecule has 3 nitrogen and oxygen atoms in total. The lowest BCUT2D eigenvalue weighted by molar-refractivity contribution is 0.218. The molecule has 0 aliphatic carbocycles. The Morgan fingerprint density at radius 2 is 1.75 bits per heavy atom. The highest BCUT2D eigenvalue weighted by Crippen LogP contribution is 2.34. The van der Waals surface area contributed by atoms with Crippen LogP contribution in [0.3, 0.4) is 0 Å². The van der Waals surface area contributed by atoms with Crippen molar-refractivity contribution in [3.8, 4) is 11.5 Å². The Labute approximate surface area is 123 Å². The van der Waals surface area contributed by atoms with Crippen LogP contribution < -0.4 is 9.47 Å². The second-order valence-electron chi connectivity index (χ2n) is 4.47. The molecule has 0 aromatic heterocycles. The Kier molecular flexibility index (Phi) is 4.53. The number of ether oxygens (including phenoxy) is 2. The van der Waals surface area contributed by atoms with E-state index in [-0.39, 0.29) is 0 Å². The number of benzene rings is 2. The zero-order valence-corrected chi connectivity index (χ0v) is 12.4. The minimum Gasteiger partial charge on any atom is -0.493 e. The van der Waals surface area contributed by atoms with E-state index in [2.05, 4.69) is 0 Å². The fourth-order valence-electron chi connectivity index (χ4n) is 2.12. The second-order valence-corrected chi connectivity index (χ2v) is 4.88. The van der Waals surface area contributed by atoms with E-state index in [1.165, 1.54) is 0 Å². The predicted octanol–water partition coefficient (Wildman–Crippen LogP) is 3.75. The van der Waals surface area contributed by atoms with Gasteiger partial charge < -0.3 is 14.6 Å². The minimum absolute atomic E-state index is 0.587. The predicted molar refractivity (Wildman–Crippen MR) is 79.8 cm³/mol. The van der Waals surface area contributed by atoms with Crippen molar-refractivity contribution in [1.29, 1.82) is 0 Å². The van der Waals surface area contributed by atoms with Crippen molar-refractivity contribution >= 4 is 11.6 Å². The highest BCUT2D eigenvalue weighted by molar-refractivity contribution is 6.31. The Bertz CT molecular complexity index is 611. The van der Waals surface area contributed by atoms with Crippen LogP contribution in [0.4, 0.5) is 0 Å². The van der Waals surface area contributed by atoms with Gasteiger partial charge in [0.1, 0.15) is 6.10 Å². The smallest absolute Gasteiger partial charge is 0.161 e. The number of methoxy groups -OCH3 is 2. The summed E-state index contributed by atoms with van der Waals surface area (Å²) in [5, 5.41) is 11.2. The van der Waals surface area contributed by atoms with Crippen molar-refractivity contribution in [2.75, 3.05) is 14.2 Å². The fourth-order valence-corrected chi connectivity index (χ4v) is 2.30. The van der Waals surface area contributed by atoms with Gasteiger partial charge in [-0.1, -0.05) is 29.8 Å². The molecule has 0 saturated heterocycles. The number of halogens is 1. The third kappa shape index (κ3) is 2.74. The zero-order chi connectivity index (χ0) is 14.7. The summed E-state index contributed by atoms with van der Waals surface area (Å²) in [5.74, 6) is 1.22. The van der Waals surface area contributed by atoms with E-state index in [1.54, 1.807) is 26.4 Å². The molecule has 0 aliphatic heterocycles. The van der Waals surface area contributed by atoms with Gasteiger partial charge in [-0.25, -0.2) is 0 Å². The molecule has 0 fully saturated rings. The molecule has 0 saturated carbocycles. The van der Waals surface area contributed by atoms with Gasteiger partial charge in [-0.2, -0.15) is 0 Å². The highest BCUT2D eigenvalue weighted by Gasteiger charge is 2.16. The molecule has 4 heteroatoms. The van der Waals surface area contributed by atoms with Gasteiger partial charge in [-0.15, -0.1) is 0 Å². The molecule has 0 amide bonds. The molecule has 2 aromatic carbocycles. The lowest BCUT2D eigenvalue weighted by Gasteiger charge is -2.17. The second kappa shape index (κ2) is 6.16. The Morgan fingerprint density at radius 3 is 2.40 bits per heavy atom. The quantitative estimate of drug-likeness (QED) is 0.933. The van der Waals surface area contributed by atoms with E-state index in [0.29, 0.717) is 16.5 Å². The van der Waals surface area contributed by atoms with Crippen molar-refractivity contribution < 1.29 is 14.6 Å². The van der Waals surface area contributed by atoms with Crippen LogP contribution in [0.15, 0.2) is 36.4 Å². The van der Waals surface area contributed by atoms with E-state index >= 15 is 0 Å². The van der Waals surface area contributed by atoms with E-state index in [1.807, 2.05) is 31.2 Å². The number of aliphatic hydroxyl groups is 1. The zero-order valence-electron chi connectivity index (χ0n) is 11.7. The van der Waals surface area contributed by atoms with Gasteiger partial charge in [0.2, 0.25) is 0 Å². The molecular formula is C16H17ClO3. The Balaban J connectivity index is 2.43. The molecule has 106 valence electrons. The first-order chi connectivity index (χ1) is 9.58. The average molecular weight is 293 g/mol. The lowest BCUT2D eigenvalue weighted by Crippen LogP contribution is -2.03. The van der Waals surface area contributed by atoms with Crippen LogP contribution >= 0.6 is 11.6 Å². The molecule has 1 atom stereocenters. The third-order valence-electron chi connectivity index (χ3n) is 3.33. The normalized spacial score (nSPS) is 12.1. The summed E-state index contributed by atoms with van der Waals surface area (Å²) in [6.07, 6.45) is -0.756. The summed E-state index contributed by atoms with van der Waals surface area (Å²) in [6.45, 7) is 1.89. The first-order valence-electron chi connectivity index (χ1n) is 6.23. The lowest BCUT2D eigenvalue weighted by atomic mass is 9.97. The molecule has 0 aliphatic rings. The summed E-state index contributed by atoms with van der Waals surface area (Å²) in [7, 11) is 3.15. The SMILES string of the molecule is COc1ccc(C(O)c2cccc(Cl)c2C)cc1OC. The van der Waals surface area contributed by atoms with Gasteiger partial charge in [0, 0.05) is 5.02 Å². The monoisotopic (exact) mass is 292 g/mol. The Morgan fingerprint density at radius 1 is 1.05 bits per heavy atom. The molecule has 1 N–H and O–H groups in total. The molecule has 20 heavy (non-hydrogen) atoms. The maximum Gasteiger partial charge on any atom is 0.161 e. The molecule has 1 unspecified atom stereocenters. The standard InChI is InChI=1S/C16H17ClO3/c1-10-12(5-4-6-13(10)17)16(18)11-7-8-14(19-2)15(9-11)20-3/h4-9,16,18H,1-3H3. The average Bonchev–Trinajstić information content (AvgIpc) is 2.48. The van der Waals surface area contributed by atoms with Crippen LogP contribution in [0, 0.1) is 6.92 Å². The van der Waals surface area contributed by atoms with E-state index in [9.17, 15) is 5.11 Å². The minimum atomic E-state index is -0.756. The highest BCUT2D eigenvalue weighted by atomic mass is 35.5. The van der Waals surface area contributed by atoms with Crippen LogP contribution in [0.25, 0.3) is 0 Å². The van der Waals surface area contributed by atoms with Gasteiger partial charge in [0.15, 0.2) is 11.5 Å². The van der Waals surface area contributed by atoms with Gasteiger partial charge in [-0.05, 0) is 41.8 Å². The Hall–Kier alpha value is -1.71. The molecule has 0 heterocycles. The first kappa shape index (κ1) is 14.7. The molecule has 2 aromatic rings. The topological polar surface area (TPSA) is 38.7 Å². The van der Waals surface area contributed by atoms with Crippen LogP contribution in [0.5, 0.6) is 11.5 Å². The summed E-state index contributed by atoms with van der Waals surface area (Å²) in [4.78, 5) is 0. The van der Waals surface area contributed by atoms with Gasteiger partial charge in [-0.3, -0.25) is 0 Å². The van der Waals surface area contributed by atoms with Crippen molar-refractivity contribution in [2.24, 2.45) is 0 Å². The van der Waals surface area contributed by atoms with Crippen molar-refractivity contribution in [1.82, 2.24) is 0 Å². The number of hydrogen-bond acceptors (Lipinski definition) is 3. The summed E-state index contributed by atoms with van der Waals surface area (Å²) >= 11 is 6.10. The van der Waals surface area contributed by atoms with Crippen LogP contribution in [-0.2, 0) is 0 Å². The van der Waals surface area contributed by atoms with Crippen molar-refractivity contribution in [3.63, 3.8) is 0 Å². The largest absolute Gasteiger partial charge is 0.493 e. The van der Waals surface area contributed by atoms with Gasteiger partial charge in [0.25, 0.3) is 0 Å². The van der Waals surface area contributed by atoms with Crippen molar-refractivity contribution in [3.05, 3.63) is 58.1 Å². The summed E-state index contributed by atoms with van der Waals surface area (Å²) in [5.41, 5.74) is 2.38. The molecule has 0 bridgehead atoms. The third-order valence-corrected chi connectivity index (χ3v) is 3.74. The number of rotatable bonds is 4. The fraction of sp³-hybridized carbons (Fsp3) is 0.250. The van der Waals surface area contributed by atoms with Gasteiger partial charge in [0.05, 0.1) is 14.2 Å². The van der Waals surface area contributed by atoms with Crippen LogP contribution in [0.1, 0.15) is 22.8 Å². The van der Waals surface area contributed by atoms with Gasteiger partial charge >= 0.3 is 0 Å². The first-order valence-corrected chi connectivity index (χ1v) is 6.61. The summed E-state index contributed by atoms with van der Waals surface area (Å²) < 4.78 is 10.4. The van der Waals surface area contributed by atoms with Crippen LogP contribution in [0.2, 0.25) is 5.02 Å². The number of aliphatic hydroxyl groups excluding tert-OH is 1. The molecule has 0 spiro atoms. The molecule has 2 rings (SSSR count).